The van der Waals surface area contributed by atoms with Gasteiger partial charge in [-0.3, -0.25) is 14.3 Å². The Bertz CT molecular complexity index is 812. The number of rotatable bonds is 7. The number of aryl methyl sites for hydroxylation is 3. The van der Waals surface area contributed by atoms with Gasteiger partial charge in [0.2, 0.25) is 5.78 Å². The Morgan fingerprint density at radius 3 is 2.35 bits per heavy atom. The molecule has 1 N–H and O–H groups in total. The van der Waals surface area contributed by atoms with Gasteiger partial charge in [-0.2, -0.15) is 5.10 Å². The number of carbonyl (C=O) groups is 2. The molecule has 0 atom stereocenters. The van der Waals surface area contributed by atoms with E-state index in [-0.39, 0.29) is 17.4 Å². The maximum absolute atomic E-state index is 12.8. The summed E-state index contributed by atoms with van der Waals surface area (Å²) in [7, 11) is 5.32. The molecule has 0 aliphatic carbocycles. The first kappa shape index (κ1) is 19.4. The van der Waals surface area contributed by atoms with Crippen molar-refractivity contribution in [1.82, 2.24) is 14.7 Å². The average Bonchev–Trinajstić information content (AvgIpc) is 3.01. The number of nitrogens with zero attached hydrogens (tertiary/aromatic N) is 3. The minimum absolute atomic E-state index is 0.239. The van der Waals surface area contributed by atoms with E-state index in [4.69, 9.17) is 0 Å². The lowest BCUT2D eigenvalue weighted by molar-refractivity contribution is 0.101. The topological polar surface area (TPSA) is 67.2 Å². The van der Waals surface area contributed by atoms with Crippen LogP contribution in [0.25, 0.3) is 0 Å². The predicted octanol–water partition coefficient (Wildman–Crippen LogP) is 3.06. The molecule has 2 rings (SSSR count). The molecule has 0 unspecified atom stereocenters. The third-order valence-electron chi connectivity index (χ3n) is 4.13. The zero-order chi connectivity index (χ0) is 19.3. The molecule has 0 spiro atoms. The fraction of sp³-hybridized carbons (Fsp3) is 0.350. The van der Waals surface area contributed by atoms with Crippen LogP contribution in [0.5, 0.6) is 0 Å². The zero-order valence-corrected chi connectivity index (χ0v) is 16.0. The highest BCUT2D eigenvalue weighted by Gasteiger charge is 2.18. The minimum Gasteiger partial charge on any atom is -0.383 e. The Morgan fingerprint density at radius 1 is 1.19 bits per heavy atom. The summed E-state index contributed by atoms with van der Waals surface area (Å²) in [6.45, 7) is 4.12. The Balaban J connectivity index is 2.28. The molecule has 138 valence electrons. The van der Waals surface area contributed by atoms with E-state index >= 15 is 0 Å². The summed E-state index contributed by atoms with van der Waals surface area (Å²) in [6, 6.07) is 7.56. The molecule has 0 saturated heterocycles. The Morgan fingerprint density at radius 2 is 1.81 bits per heavy atom. The first-order valence-electron chi connectivity index (χ1n) is 8.72. The van der Waals surface area contributed by atoms with Crippen LogP contribution in [0.3, 0.4) is 0 Å². The number of anilines is 1. The van der Waals surface area contributed by atoms with E-state index in [9.17, 15) is 9.59 Å². The quantitative estimate of drug-likeness (QED) is 0.613. The molecular weight excluding hydrogens is 328 g/mol. The van der Waals surface area contributed by atoms with Crippen molar-refractivity contribution in [3.63, 3.8) is 0 Å². The summed E-state index contributed by atoms with van der Waals surface area (Å²) in [6.07, 6.45) is 4.75. The van der Waals surface area contributed by atoms with Gasteiger partial charge < -0.3 is 10.2 Å². The van der Waals surface area contributed by atoms with Crippen molar-refractivity contribution >= 4 is 17.4 Å². The summed E-state index contributed by atoms with van der Waals surface area (Å²) in [4.78, 5) is 26.7. The average molecular weight is 354 g/mol. The molecule has 6 nitrogen and oxygen atoms in total. The van der Waals surface area contributed by atoms with Crippen LogP contribution in [0.2, 0.25) is 0 Å². The number of ketones is 1. The van der Waals surface area contributed by atoms with Gasteiger partial charge in [-0.25, -0.2) is 0 Å². The highest BCUT2D eigenvalue weighted by atomic mass is 16.2. The maximum Gasteiger partial charge on any atom is 0.273 e. The van der Waals surface area contributed by atoms with Crippen LogP contribution in [0.1, 0.15) is 46.0 Å². The number of carbonyl (C=O) groups excluding carboxylic acids is 2. The Hall–Kier alpha value is -2.89. The molecule has 1 aromatic heterocycles. The molecule has 0 bridgehead atoms. The van der Waals surface area contributed by atoms with Crippen molar-refractivity contribution in [2.24, 2.45) is 7.05 Å². The molecule has 2 aromatic rings. The van der Waals surface area contributed by atoms with Crippen molar-refractivity contribution in [2.45, 2.75) is 26.7 Å². The largest absolute Gasteiger partial charge is 0.383 e. The van der Waals surface area contributed by atoms with E-state index in [0.29, 0.717) is 5.69 Å². The lowest BCUT2D eigenvalue weighted by Gasteiger charge is -2.14. The van der Waals surface area contributed by atoms with Crippen molar-refractivity contribution in [3.05, 3.63) is 59.1 Å². The highest BCUT2D eigenvalue weighted by Crippen LogP contribution is 2.23. The number of para-hydroxylation sites is 1. The number of amides is 1. The van der Waals surface area contributed by atoms with Crippen molar-refractivity contribution in [3.8, 4) is 0 Å². The molecule has 0 aliphatic heterocycles. The lowest BCUT2D eigenvalue weighted by atomic mass is 10.0. The van der Waals surface area contributed by atoms with Crippen LogP contribution in [-0.2, 0) is 19.9 Å². The number of hydrogen-bond donors (Lipinski definition) is 1. The molecule has 0 radical (unpaired) electrons. The van der Waals surface area contributed by atoms with E-state index < -0.39 is 0 Å². The summed E-state index contributed by atoms with van der Waals surface area (Å²) in [5, 5.41) is 7.18. The lowest BCUT2D eigenvalue weighted by Crippen LogP contribution is -2.18. The fourth-order valence-electron chi connectivity index (χ4n) is 2.68. The molecule has 0 aliphatic rings. The first-order valence-corrected chi connectivity index (χ1v) is 8.72. The number of allylic oxidation sites excluding steroid dienone is 1. The monoisotopic (exact) mass is 354 g/mol. The van der Waals surface area contributed by atoms with Gasteiger partial charge in [-0.15, -0.1) is 0 Å². The standard InChI is InChI=1S/C20H26N4O2/c1-6-14-9-8-10-15(7-2)19(14)21-20(26)17-13-16(22-24(17)5)18(25)11-12-23(3)4/h8-13H,6-7H2,1-5H3,(H,21,26). The fourth-order valence-corrected chi connectivity index (χ4v) is 2.68. The van der Waals surface area contributed by atoms with Gasteiger partial charge in [0.05, 0.1) is 0 Å². The van der Waals surface area contributed by atoms with Gasteiger partial charge in [0, 0.05) is 45.2 Å². The maximum atomic E-state index is 12.8. The predicted molar refractivity (Wildman–Crippen MR) is 104 cm³/mol. The third-order valence-corrected chi connectivity index (χ3v) is 4.13. The van der Waals surface area contributed by atoms with Gasteiger partial charge in [0.1, 0.15) is 11.4 Å². The van der Waals surface area contributed by atoms with E-state index in [2.05, 4.69) is 24.3 Å². The van der Waals surface area contributed by atoms with E-state index in [1.807, 2.05) is 32.3 Å². The van der Waals surface area contributed by atoms with Gasteiger partial charge in [-0.05, 0) is 24.0 Å². The van der Waals surface area contributed by atoms with Gasteiger partial charge in [0.15, 0.2) is 0 Å². The number of benzene rings is 1. The van der Waals surface area contributed by atoms with Crippen molar-refractivity contribution in [1.29, 1.82) is 0 Å². The normalized spacial score (nSPS) is 11.0. The SMILES string of the molecule is CCc1cccc(CC)c1NC(=O)c1cc(C(=O)C=CN(C)C)nn1C. The first-order chi connectivity index (χ1) is 12.4. The molecule has 1 amide bonds. The number of hydrogen-bond acceptors (Lipinski definition) is 4. The van der Waals surface area contributed by atoms with Crippen LogP contribution < -0.4 is 5.32 Å². The smallest absolute Gasteiger partial charge is 0.273 e. The number of aromatic nitrogens is 2. The molecular formula is C20H26N4O2. The van der Waals surface area contributed by atoms with Crippen LogP contribution in [0.4, 0.5) is 5.69 Å². The Kier molecular flexibility index (Phi) is 6.33. The molecule has 6 heteroatoms. The molecule has 1 aromatic carbocycles. The van der Waals surface area contributed by atoms with Gasteiger partial charge >= 0.3 is 0 Å². The van der Waals surface area contributed by atoms with Crippen molar-refractivity contribution in [2.75, 3.05) is 19.4 Å². The van der Waals surface area contributed by atoms with Crippen LogP contribution in [0, 0.1) is 0 Å². The minimum atomic E-state index is -0.272. The molecule has 26 heavy (non-hydrogen) atoms. The number of nitrogens with one attached hydrogen (secondary N) is 1. The molecule has 1 heterocycles. The summed E-state index contributed by atoms with van der Waals surface area (Å²) in [5.74, 6) is -0.511. The van der Waals surface area contributed by atoms with E-state index in [0.717, 1.165) is 29.7 Å². The van der Waals surface area contributed by atoms with Crippen LogP contribution in [0.15, 0.2) is 36.5 Å². The second-order valence-corrected chi connectivity index (χ2v) is 6.29. The van der Waals surface area contributed by atoms with E-state index in [1.165, 1.54) is 16.8 Å². The highest BCUT2D eigenvalue weighted by molar-refractivity contribution is 6.08. The van der Waals surface area contributed by atoms with E-state index in [1.54, 1.807) is 18.1 Å². The summed E-state index contributed by atoms with van der Waals surface area (Å²) in [5.41, 5.74) is 3.62. The zero-order valence-electron chi connectivity index (χ0n) is 16.0. The van der Waals surface area contributed by atoms with Gasteiger partial charge in [0.25, 0.3) is 5.91 Å². The summed E-state index contributed by atoms with van der Waals surface area (Å²) < 4.78 is 1.44. The Labute approximate surface area is 154 Å². The van der Waals surface area contributed by atoms with Gasteiger partial charge in [-0.1, -0.05) is 32.0 Å². The van der Waals surface area contributed by atoms with Crippen LogP contribution in [-0.4, -0.2) is 40.5 Å². The van der Waals surface area contributed by atoms with Crippen molar-refractivity contribution < 1.29 is 9.59 Å². The second kappa shape index (κ2) is 8.47. The molecule has 0 saturated carbocycles. The van der Waals surface area contributed by atoms with Crippen LogP contribution >= 0.6 is 0 Å². The second-order valence-electron chi connectivity index (χ2n) is 6.29. The summed E-state index contributed by atoms with van der Waals surface area (Å²) >= 11 is 0. The molecule has 0 fully saturated rings. The third kappa shape index (κ3) is 4.39.